The second-order valence-corrected chi connectivity index (χ2v) is 11.1. The molecule has 2 amide bonds. The van der Waals surface area contributed by atoms with E-state index in [-0.39, 0.29) is 25.0 Å². The number of aliphatic hydroxyl groups is 1. The summed E-state index contributed by atoms with van der Waals surface area (Å²) in [5.41, 5.74) is -1.93. The first-order valence-electron chi connectivity index (χ1n) is 14.6. The molecule has 3 fully saturated rings. The third-order valence-electron chi connectivity index (χ3n) is 8.92. The van der Waals surface area contributed by atoms with Crippen molar-refractivity contribution in [2.45, 2.75) is 108 Å². The highest BCUT2D eigenvalue weighted by molar-refractivity contribution is 5.98. The topological polar surface area (TPSA) is 96.4 Å². The van der Waals surface area contributed by atoms with Crippen LogP contribution >= 0.6 is 0 Å². The van der Waals surface area contributed by atoms with E-state index in [0.29, 0.717) is 38.8 Å². The monoisotopic (exact) mass is 532 g/mol. The Morgan fingerprint density at radius 3 is 2.55 bits per heavy atom. The maximum absolute atomic E-state index is 14.3. The average Bonchev–Trinajstić information content (AvgIpc) is 3.52. The minimum atomic E-state index is -1.11. The fourth-order valence-electron chi connectivity index (χ4n) is 6.93. The van der Waals surface area contributed by atoms with Crippen molar-refractivity contribution in [1.82, 2.24) is 9.80 Å². The van der Waals surface area contributed by atoms with E-state index in [1.165, 1.54) is 0 Å². The van der Waals surface area contributed by atoms with Crippen molar-refractivity contribution in [1.29, 1.82) is 0 Å². The lowest BCUT2D eigenvalue weighted by atomic mass is 9.65. The molecule has 3 aliphatic heterocycles. The number of esters is 1. The Bertz CT molecular complexity index is 873. The van der Waals surface area contributed by atoms with Crippen LogP contribution in [0.1, 0.15) is 85.0 Å². The summed E-state index contributed by atoms with van der Waals surface area (Å²) in [4.78, 5) is 45.4. The van der Waals surface area contributed by atoms with E-state index in [4.69, 9.17) is 9.47 Å². The third-order valence-corrected chi connectivity index (χ3v) is 8.92. The molecule has 0 aromatic rings. The summed E-state index contributed by atoms with van der Waals surface area (Å²) in [5, 5.41) is 10.2. The molecule has 0 aliphatic carbocycles. The largest absolute Gasteiger partial charge is 0.465 e. The number of fused-ring (bicyclic) bond motifs is 1. The molecule has 3 rings (SSSR count). The van der Waals surface area contributed by atoms with Gasteiger partial charge in [-0.05, 0) is 51.4 Å². The quantitative estimate of drug-likeness (QED) is 0.173. The van der Waals surface area contributed by atoms with Gasteiger partial charge in [0, 0.05) is 13.1 Å². The lowest BCUT2D eigenvalue weighted by molar-refractivity contribution is -0.163. The minimum absolute atomic E-state index is 0.186. The number of carbonyl (C=O) groups is 3. The summed E-state index contributed by atoms with van der Waals surface area (Å²) in [6, 6.07) is -1.43. The molecule has 8 nitrogen and oxygen atoms in total. The molecule has 0 radical (unpaired) electrons. The number of likely N-dealkylation sites (tertiary alicyclic amines) is 1. The zero-order valence-electron chi connectivity index (χ0n) is 23.7. The standard InChI is InChI=1S/C30H48N2O6/c1-6-11-13-15-20-37-28(36)24-23-26(34)32(22(9-4)21-33)25(30(23)17-16-29(24,10-5)38-30)27(35)31(18-8-3)19-14-12-7-2/h6,8,22-25,33H,1,3,7,9-21H2,2,4-5H3/t22-,23-,24+,25?,29-,30?/m0/s1. The van der Waals surface area contributed by atoms with Crippen LogP contribution in [-0.2, 0) is 23.9 Å². The molecule has 0 aromatic heterocycles. The average molecular weight is 533 g/mol. The van der Waals surface area contributed by atoms with Crippen LogP contribution in [-0.4, -0.2) is 82.3 Å². The summed E-state index contributed by atoms with van der Waals surface area (Å²) in [6.45, 7) is 14.5. The molecule has 0 aromatic carbocycles. The van der Waals surface area contributed by atoms with Gasteiger partial charge < -0.3 is 24.4 Å². The fraction of sp³-hybridized carbons (Fsp3) is 0.767. The number of aliphatic hydroxyl groups excluding tert-OH is 1. The number of ether oxygens (including phenoxy) is 2. The van der Waals surface area contributed by atoms with E-state index in [9.17, 15) is 19.5 Å². The Morgan fingerprint density at radius 2 is 1.95 bits per heavy atom. The Labute approximate surface area is 228 Å². The molecule has 1 spiro atoms. The first kappa shape index (κ1) is 30.4. The van der Waals surface area contributed by atoms with Crippen LogP contribution < -0.4 is 0 Å². The Balaban J connectivity index is 1.99. The second kappa shape index (κ2) is 13.2. The van der Waals surface area contributed by atoms with Crippen molar-refractivity contribution < 1.29 is 29.0 Å². The van der Waals surface area contributed by atoms with Crippen LogP contribution in [0.2, 0.25) is 0 Å². The van der Waals surface area contributed by atoms with Gasteiger partial charge in [0.05, 0.1) is 30.8 Å². The minimum Gasteiger partial charge on any atom is -0.465 e. The van der Waals surface area contributed by atoms with Gasteiger partial charge in [-0.25, -0.2) is 0 Å². The smallest absolute Gasteiger partial charge is 0.312 e. The van der Waals surface area contributed by atoms with Gasteiger partial charge in [0.2, 0.25) is 11.8 Å². The lowest BCUT2D eigenvalue weighted by Crippen LogP contribution is -2.59. The molecule has 0 saturated carbocycles. The SMILES string of the molecule is C=CCCCCOC(=O)[C@H]1[C@H]2C(=O)N([C@@H](CC)CO)C(C(=O)N(CC=C)CCCCC)C23CC[C@]1(CC)O3. The molecule has 8 heteroatoms. The maximum atomic E-state index is 14.3. The third kappa shape index (κ3) is 5.31. The van der Waals surface area contributed by atoms with Crippen molar-refractivity contribution >= 4 is 17.8 Å². The normalized spacial score (nSPS) is 30.3. The molecule has 3 saturated heterocycles. The van der Waals surface area contributed by atoms with Gasteiger partial charge in [-0.1, -0.05) is 45.8 Å². The van der Waals surface area contributed by atoms with Crippen LogP contribution in [0.4, 0.5) is 0 Å². The first-order valence-corrected chi connectivity index (χ1v) is 14.6. The Kier molecular flexibility index (Phi) is 10.6. The van der Waals surface area contributed by atoms with Crippen molar-refractivity contribution in [2.75, 3.05) is 26.3 Å². The molecule has 1 N–H and O–H groups in total. The summed E-state index contributed by atoms with van der Waals surface area (Å²) in [7, 11) is 0. The van der Waals surface area contributed by atoms with E-state index < -0.39 is 41.1 Å². The summed E-state index contributed by atoms with van der Waals surface area (Å²) in [5.74, 6) is -2.44. The van der Waals surface area contributed by atoms with Crippen LogP contribution in [0.25, 0.3) is 0 Å². The van der Waals surface area contributed by atoms with Gasteiger partial charge >= 0.3 is 5.97 Å². The van der Waals surface area contributed by atoms with E-state index >= 15 is 0 Å². The molecule has 2 unspecified atom stereocenters. The van der Waals surface area contributed by atoms with E-state index in [0.717, 1.165) is 38.5 Å². The fourth-order valence-corrected chi connectivity index (χ4v) is 6.93. The number of nitrogens with zero attached hydrogens (tertiary/aromatic N) is 2. The number of hydrogen-bond donors (Lipinski definition) is 1. The molecule has 3 aliphatic rings. The molecular formula is C30H48N2O6. The van der Waals surface area contributed by atoms with Gasteiger partial charge in [-0.2, -0.15) is 0 Å². The predicted molar refractivity (Wildman–Crippen MR) is 146 cm³/mol. The highest BCUT2D eigenvalue weighted by Gasteiger charge is 2.79. The van der Waals surface area contributed by atoms with Crippen molar-refractivity contribution in [2.24, 2.45) is 11.8 Å². The van der Waals surface area contributed by atoms with Crippen molar-refractivity contribution in [3.8, 4) is 0 Å². The Morgan fingerprint density at radius 1 is 1.18 bits per heavy atom. The number of rotatable bonds is 17. The first-order chi connectivity index (χ1) is 18.3. The summed E-state index contributed by atoms with van der Waals surface area (Å²) in [6.07, 6.45) is 11.0. The number of hydrogen-bond acceptors (Lipinski definition) is 6. The second-order valence-electron chi connectivity index (χ2n) is 11.1. The molecular weight excluding hydrogens is 484 g/mol. The predicted octanol–water partition coefficient (Wildman–Crippen LogP) is 4.02. The van der Waals surface area contributed by atoms with E-state index in [2.05, 4.69) is 20.1 Å². The van der Waals surface area contributed by atoms with Crippen molar-refractivity contribution in [3.05, 3.63) is 25.3 Å². The molecule has 6 atom stereocenters. The van der Waals surface area contributed by atoms with Crippen LogP contribution in [0, 0.1) is 11.8 Å². The van der Waals surface area contributed by atoms with Crippen molar-refractivity contribution in [3.63, 3.8) is 0 Å². The number of amides is 2. The van der Waals surface area contributed by atoms with Gasteiger partial charge in [0.1, 0.15) is 17.6 Å². The molecule has 214 valence electrons. The summed E-state index contributed by atoms with van der Waals surface area (Å²) < 4.78 is 12.5. The van der Waals surface area contributed by atoms with E-state index in [1.807, 2.05) is 19.9 Å². The van der Waals surface area contributed by atoms with Gasteiger partial charge in [0.15, 0.2) is 0 Å². The zero-order valence-corrected chi connectivity index (χ0v) is 23.7. The highest BCUT2D eigenvalue weighted by atomic mass is 16.6. The summed E-state index contributed by atoms with van der Waals surface area (Å²) >= 11 is 0. The van der Waals surface area contributed by atoms with Crippen LogP contribution in [0.3, 0.4) is 0 Å². The van der Waals surface area contributed by atoms with Gasteiger partial charge in [-0.15, -0.1) is 13.2 Å². The van der Waals surface area contributed by atoms with E-state index in [1.54, 1.807) is 15.9 Å². The van der Waals surface area contributed by atoms with Crippen LogP contribution in [0.5, 0.6) is 0 Å². The number of unbranched alkanes of at least 4 members (excludes halogenated alkanes) is 4. The molecule has 38 heavy (non-hydrogen) atoms. The maximum Gasteiger partial charge on any atom is 0.312 e. The van der Waals surface area contributed by atoms with Gasteiger partial charge in [0.25, 0.3) is 0 Å². The molecule has 2 bridgehead atoms. The number of carbonyl (C=O) groups excluding carboxylic acids is 3. The van der Waals surface area contributed by atoms with Crippen LogP contribution in [0.15, 0.2) is 25.3 Å². The zero-order chi connectivity index (χ0) is 27.9. The Hall–Kier alpha value is -2.19. The lowest BCUT2D eigenvalue weighted by Gasteiger charge is -2.39. The van der Waals surface area contributed by atoms with Gasteiger partial charge in [-0.3, -0.25) is 14.4 Å². The number of allylic oxidation sites excluding steroid dienone is 1. The highest BCUT2D eigenvalue weighted by Crippen LogP contribution is 2.64. The molecule has 3 heterocycles.